The largest absolute Gasteiger partial charge is 0.386 e. The summed E-state index contributed by atoms with van der Waals surface area (Å²) in [4.78, 5) is 0. The molecule has 2 rings (SSSR count). The predicted molar refractivity (Wildman–Crippen MR) is 64.5 cm³/mol. The number of hydrogen-bond donors (Lipinski definition) is 1. The average Bonchev–Trinajstić information content (AvgIpc) is 2.76. The molecule has 0 radical (unpaired) electrons. The van der Waals surface area contributed by atoms with Crippen LogP contribution in [0.4, 0.5) is 0 Å². The van der Waals surface area contributed by atoms with Gasteiger partial charge in [-0.3, -0.25) is 0 Å². The zero-order valence-electron chi connectivity index (χ0n) is 9.34. The highest BCUT2D eigenvalue weighted by molar-refractivity contribution is 7.03. The SMILES string of the molecule is Cc1cccc(C)c1CC(O)c1csnn1. The Kier molecular flexibility index (Phi) is 3.31. The first-order valence-corrected chi connectivity index (χ1v) is 6.02. The molecule has 0 saturated heterocycles. The molecule has 2 aromatic rings. The summed E-state index contributed by atoms with van der Waals surface area (Å²) in [5.74, 6) is 0. The second-order valence-electron chi connectivity index (χ2n) is 3.92. The molecule has 0 fully saturated rings. The van der Waals surface area contributed by atoms with Gasteiger partial charge in [0.25, 0.3) is 0 Å². The standard InChI is InChI=1S/C12H14N2OS/c1-8-4-3-5-9(2)10(8)6-12(15)11-7-16-14-13-11/h3-5,7,12,15H,6H2,1-2H3. The molecule has 1 heterocycles. The number of nitrogens with zero attached hydrogens (tertiary/aromatic N) is 2. The Hall–Kier alpha value is -1.26. The maximum absolute atomic E-state index is 10.0. The summed E-state index contributed by atoms with van der Waals surface area (Å²) in [6.07, 6.45) is 0.0442. The zero-order valence-corrected chi connectivity index (χ0v) is 10.2. The van der Waals surface area contributed by atoms with Crippen LogP contribution in [0.25, 0.3) is 0 Å². The van der Waals surface area contributed by atoms with Crippen molar-refractivity contribution in [3.8, 4) is 0 Å². The van der Waals surface area contributed by atoms with Crippen molar-refractivity contribution < 1.29 is 5.11 Å². The fraction of sp³-hybridized carbons (Fsp3) is 0.333. The molecule has 1 N–H and O–H groups in total. The molecule has 0 aliphatic carbocycles. The smallest absolute Gasteiger partial charge is 0.104 e. The third kappa shape index (κ3) is 2.28. The van der Waals surface area contributed by atoms with E-state index in [0.717, 1.165) is 0 Å². The van der Waals surface area contributed by atoms with Gasteiger partial charge in [0.15, 0.2) is 0 Å². The van der Waals surface area contributed by atoms with Crippen LogP contribution in [-0.2, 0) is 6.42 Å². The van der Waals surface area contributed by atoms with Gasteiger partial charge in [-0.05, 0) is 42.1 Å². The van der Waals surface area contributed by atoms with Crippen LogP contribution < -0.4 is 0 Å². The van der Waals surface area contributed by atoms with Crippen molar-refractivity contribution >= 4 is 11.5 Å². The van der Waals surface area contributed by atoms with E-state index in [1.165, 1.54) is 28.2 Å². The van der Waals surface area contributed by atoms with Crippen LogP contribution in [0.5, 0.6) is 0 Å². The molecule has 1 aromatic heterocycles. The molecule has 3 nitrogen and oxygen atoms in total. The van der Waals surface area contributed by atoms with Crippen molar-refractivity contribution in [1.29, 1.82) is 0 Å². The molecule has 0 aliphatic heterocycles. The normalized spacial score (nSPS) is 12.7. The van der Waals surface area contributed by atoms with Crippen LogP contribution in [0.2, 0.25) is 0 Å². The fourth-order valence-corrected chi connectivity index (χ4v) is 2.29. The highest BCUT2D eigenvalue weighted by Gasteiger charge is 2.13. The Morgan fingerprint density at radius 1 is 1.31 bits per heavy atom. The quantitative estimate of drug-likeness (QED) is 0.887. The molecule has 1 aromatic carbocycles. The number of aliphatic hydroxyl groups excluding tert-OH is 1. The molecule has 0 spiro atoms. The second-order valence-corrected chi connectivity index (χ2v) is 4.53. The van der Waals surface area contributed by atoms with Gasteiger partial charge in [0, 0.05) is 11.8 Å². The number of benzene rings is 1. The fourth-order valence-electron chi connectivity index (χ4n) is 1.79. The first-order valence-electron chi connectivity index (χ1n) is 5.18. The van der Waals surface area contributed by atoms with Crippen molar-refractivity contribution in [2.45, 2.75) is 26.4 Å². The van der Waals surface area contributed by atoms with Crippen LogP contribution in [0.3, 0.4) is 0 Å². The molecule has 84 valence electrons. The molecular weight excluding hydrogens is 220 g/mol. The number of aromatic nitrogens is 2. The highest BCUT2D eigenvalue weighted by atomic mass is 32.1. The Morgan fingerprint density at radius 2 is 2.00 bits per heavy atom. The van der Waals surface area contributed by atoms with Crippen LogP contribution in [0, 0.1) is 13.8 Å². The molecule has 4 heteroatoms. The first-order chi connectivity index (χ1) is 7.68. The Balaban J connectivity index is 2.21. The molecule has 0 saturated carbocycles. The topological polar surface area (TPSA) is 46.0 Å². The van der Waals surface area contributed by atoms with Crippen molar-refractivity contribution in [2.75, 3.05) is 0 Å². The Morgan fingerprint density at radius 3 is 2.56 bits per heavy atom. The first kappa shape index (κ1) is 11.2. The molecule has 0 bridgehead atoms. The van der Waals surface area contributed by atoms with Gasteiger partial charge in [-0.2, -0.15) is 0 Å². The van der Waals surface area contributed by atoms with E-state index in [2.05, 4.69) is 35.6 Å². The third-order valence-electron chi connectivity index (χ3n) is 2.76. The van der Waals surface area contributed by atoms with Crippen molar-refractivity contribution in [1.82, 2.24) is 9.59 Å². The second kappa shape index (κ2) is 4.72. The molecule has 1 unspecified atom stereocenters. The predicted octanol–water partition coefficient (Wildman–Crippen LogP) is 2.43. The van der Waals surface area contributed by atoms with Crippen LogP contribution in [-0.4, -0.2) is 14.7 Å². The van der Waals surface area contributed by atoms with Crippen molar-refractivity contribution in [2.24, 2.45) is 0 Å². The lowest BCUT2D eigenvalue weighted by molar-refractivity contribution is 0.173. The molecule has 0 aliphatic rings. The van der Waals surface area contributed by atoms with Gasteiger partial charge in [-0.15, -0.1) is 5.10 Å². The van der Waals surface area contributed by atoms with E-state index in [4.69, 9.17) is 0 Å². The summed E-state index contributed by atoms with van der Waals surface area (Å²) in [5.41, 5.74) is 4.28. The maximum atomic E-state index is 10.0. The van der Waals surface area contributed by atoms with Gasteiger partial charge in [0.1, 0.15) is 11.8 Å². The minimum Gasteiger partial charge on any atom is -0.386 e. The summed E-state index contributed by atoms with van der Waals surface area (Å²) in [6.45, 7) is 4.13. The van der Waals surface area contributed by atoms with E-state index < -0.39 is 6.10 Å². The summed E-state index contributed by atoms with van der Waals surface area (Å²) in [5, 5.41) is 15.7. The number of rotatable bonds is 3. The third-order valence-corrected chi connectivity index (χ3v) is 3.28. The van der Waals surface area contributed by atoms with Crippen LogP contribution in [0.1, 0.15) is 28.5 Å². The molecule has 16 heavy (non-hydrogen) atoms. The summed E-state index contributed by atoms with van der Waals surface area (Å²) in [6, 6.07) is 6.16. The summed E-state index contributed by atoms with van der Waals surface area (Å²) in [7, 11) is 0. The van der Waals surface area contributed by atoms with Gasteiger partial charge in [0.05, 0.1) is 0 Å². The van der Waals surface area contributed by atoms with Gasteiger partial charge in [-0.25, -0.2) is 0 Å². The lowest BCUT2D eigenvalue weighted by atomic mass is 9.97. The van der Waals surface area contributed by atoms with Gasteiger partial charge >= 0.3 is 0 Å². The average molecular weight is 234 g/mol. The van der Waals surface area contributed by atoms with Crippen molar-refractivity contribution in [3.63, 3.8) is 0 Å². The number of aryl methyl sites for hydroxylation is 2. The van der Waals surface area contributed by atoms with E-state index >= 15 is 0 Å². The summed E-state index contributed by atoms with van der Waals surface area (Å²) >= 11 is 1.27. The maximum Gasteiger partial charge on any atom is 0.104 e. The van der Waals surface area contributed by atoms with E-state index in [9.17, 15) is 5.11 Å². The Labute approximate surface area is 98.9 Å². The van der Waals surface area contributed by atoms with Gasteiger partial charge in [0.2, 0.25) is 0 Å². The lowest BCUT2D eigenvalue weighted by Gasteiger charge is -2.12. The van der Waals surface area contributed by atoms with E-state index in [1.54, 1.807) is 5.38 Å². The molecule has 0 amide bonds. The number of hydrogen-bond acceptors (Lipinski definition) is 4. The van der Waals surface area contributed by atoms with E-state index in [0.29, 0.717) is 12.1 Å². The van der Waals surface area contributed by atoms with E-state index in [1.807, 2.05) is 6.07 Å². The number of aliphatic hydroxyl groups is 1. The van der Waals surface area contributed by atoms with Gasteiger partial charge in [-0.1, -0.05) is 22.7 Å². The lowest BCUT2D eigenvalue weighted by Crippen LogP contribution is -2.05. The minimum atomic E-state index is -0.557. The summed E-state index contributed by atoms with van der Waals surface area (Å²) < 4.78 is 3.76. The van der Waals surface area contributed by atoms with Crippen LogP contribution in [0.15, 0.2) is 23.6 Å². The van der Waals surface area contributed by atoms with Crippen molar-refractivity contribution in [3.05, 3.63) is 46.0 Å². The highest BCUT2D eigenvalue weighted by Crippen LogP contribution is 2.21. The Bertz CT molecular complexity index is 448. The van der Waals surface area contributed by atoms with Crippen LogP contribution >= 0.6 is 11.5 Å². The zero-order chi connectivity index (χ0) is 11.5. The molecular formula is C12H14N2OS. The monoisotopic (exact) mass is 234 g/mol. The minimum absolute atomic E-state index is 0.557. The van der Waals surface area contributed by atoms with E-state index in [-0.39, 0.29) is 0 Å². The molecule has 1 atom stereocenters. The van der Waals surface area contributed by atoms with Gasteiger partial charge < -0.3 is 5.11 Å².